The van der Waals surface area contributed by atoms with Crippen LogP contribution in [0.25, 0.3) is 11.0 Å². The number of rotatable bonds is 4. The Hall–Kier alpha value is -3.81. The third-order valence-corrected chi connectivity index (χ3v) is 5.34. The number of carbonyl (C=O) groups is 1. The Kier molecular flexibility index (Phi) is 4.80. The average molecular weight is 399 g/mol. The molecule has 150 valence electrons. The van der Waals surface area contributed by atoms with E-state index in [1.54, 1.807) is 18.5 Å². The van der Waals surface area contributed by atoms with Crippen LogP contribution in [-0.2, 0) is 6.54 Å². The highest BCUT2D eigenvalue weighted by Gasteiger charge is 2.24. The minimum atomic E-state index is 0.0168. The van der Waals surface area contributed by atoms with Crippen LogP contribution in [0.15, 0.2) is 67.0 Å². The van der Waals surface area contributed by atoms with Crippen molar-refractivity contribution in [3.05, 3.63) is 78.1 Å². The van der Waals surface area contributed by atoms with Gasteiger partial charge in [0.05, 0.1) is 12.1 Å². The van der Waals surface area contributed by atoms with E-state index in [-0.39, 0.29) is 5.91 Å². The van der Waals surface area contributed by atoms with Gasteiger partial charge in [0.2, 0.25) is 5.95 Å². The first-order valence-electron chi connectivity index (χ1n) is 9.96. The standard InChI is InChI=1S/C22H21N7O/c30-21(27-11-13-28(14-12-27)22-23-9-4-10-24-22)18-7-8-20-19(15-18)25-26-29(20)16-17-5-2-1-3-6-17/h1-10,15H,11-14,16H2. The smallest absolute Gasteiger partial charge is 0.254 e. The summed E-state index contributed by atoms with van der Waals surface area (Å²) in [7, 11) is 0. The van der Waals surface area contributed by atoms with Crippen molar-refractivity contribution >= 4 is 22.9 Å². The number of hydrogen-bond donors (Lipinski definition) is 0. The van der Waals surface area contributed by atoms with E-state index in [2.05, 4.69) is 37.3 Å². The van der Waals surface area contributed by atoms with E-state index in [1.165, 1.54) is 0 Å². The molecule has 2 aromatic carbocycles. The van der Waals surface area contributed by atoms with Crippen molar-refractivity contribution in [2.24, 2.45) is 0 Å². The molecule has 0 aliphatic carbocycles. The summed E-state index contributed by atoms with van der Waals surface area (Å²) in [6.07, 6.45) is 3.47. The van der Waals surface area contributed by atoms with Crippen molar-refractivity contribution < 1.29 is 4.79 Å². The third kappa shape index (κ3) is 3.59. The number of carbonyl (C=O) groups excluding carboxylic acids is 1. The lowest BCUT2D eigenvalue weighted by Crippen LogP contribution is -2.49. The summed E-state index contributed by atoms with van der Waals surface area (Å²) >= 11 is 0. The predicted octanol–water partition coefficient (Wildman–Crippen LogP) is 2.23. The Bertz CT molecular complexity index is 1150. The molecule has 0 N–H and O–H groups in total. The van der Waals surface area contributed by atoms with Gasteiger partial charge in [0.1, 0.15) is 5.52 Å². The maximum absolute atomic E-state index is 13.0. The molecule has 0 atom stereocenters. The summed E-state index contributed by atoms with van der Waals surface area (Å²) in [4.78, 5) is 25.6. The zero-order chi connectivity index (χ0) is 20.3. The van der Waals surface area contributed by atoms with Gasteiger partial charge in [0.25, 0.3) is 5.91 Å². The van der Waals surface area contributed by atoms with Crippen LogP contribution >= 0.6 is 0 Å². The number of nitrogens with zero attached hydrogens (tertiary/aromatic N) is 7. The second kappa shape index (κ2) is 7.90. The Morgan fingerprint density at radius 3 is 2.43 bits per heavy atom. The van der Waals surface area contributed by atoms with Crippen molar-refractivity contribution in [3.63, 3.8) is 0 Å². The lowest BCUT2D eigenvalue weighted by atomic mass is 10.1. The molecule has 5 rings (SSSR count). The topological polar surface area (TPSA) is 80.0 Å². The van der Waals surface area contributed by atoms with E-state index in [4.69, 9.17) is 0 Å². The molecule has 1 amide bonds. The number of aromatic nitrogens is 5. The molecular formula is C22H21N7O. The molecule has 0 saturated carbocycles. The largest absolute Gasteiger partial charge is 0.337 e. The van der Waals surface area contributed by atoms with Crippen molar-refractivity contribution in [1.29, 1.82) is 0 Å². The molecule has 0 unspecified atom stereocenters. The van der Waals surface area contributed by atoms with Gasteiger partial charge >= 0.3 is 0 Å². The first kappa shape index (κ1) is 18.2. The fourth-order valence-corrected chi connectivity index (χ4v) is 3.72. The molecular weight excluding hydrogens is 378 g/mol. The van der Waals surface area contributed by atoms with Crippen LogP contribution in [0.4, 0.5) is 5.95 Å². The van der Waals surface area contributed by atoms with E-state index >= 15 is 0 Å². The highest BCUT2D eigenvalue weighted by molar-refractivity contribution is 5.97. The van der Waals surface area contributed by atoms with Gasteiger partial charge in [0.15, 0.2) is 0 Å². The van der Waals surface area contributed by atoms with Crippen molar-refractivity contribution in [2.75, 3.05) is 31.1 Å². The first-order valence-corrected chi connectivity index (χ1v) is 9.96. The van der Waals surface area contributed by atoms with E-state index < -0.39 is 0 Å². The molecule has 3 heterocycles. The van der Waals surface area contributed by atoms with Crippen molar-refractivity contribution in [1.82, 2.24) is 29.9 Å². The fraction of sp³-hybridized carbons (Fsp3) is 0.227. The molecule has 1 aliphatic rings. The number of benzene rings is 2. The quantitative estimate of drug-likeness (QED) is 0.524. The highest BCUT2D eigenvalue weighted by Crippen LogP contribution is 2.18. The zero-order valence-electron chi connectivity index (χ0n) is 16.4. The van der Waals surface area contributed by atoms with Crippen LogP contribution in [0.2, 0.25) is 0 Å². The molecule has 4 aromatic rings. The van der Waals surface area contributed by atoms with Crippen LogP contribution in [0, 0.1) is 0 Å². The maximum atomic E-state index is 13.0. The number of amides is 1. The molecule has 8 nitrogen and oxygen atoms in total. The van der Waals surface area contributed by atoms with Crippen LogP contribution in [-0.4, -0.2) is 61.9 Å². The molecule has 0 bridgehead atoms. The van der Waals surface area contributed by atoms with Crippen LogP contribution in [0.5, 0.6) is 0 Å². The van der Waals surface area contributed by atoms with Crippen LogP contribution < -0.4 is 4.90 Å². The third-order valence-electron chi connectivity index (χ3n) is 5.34. The Balaban J connectivity index is 1.29. The normalized spacial score (nSPS) is 14.3. The molecule has 1 aliphatic heterocycles. The van der Waals surface area contributed by atoms with Crippen LogP contribution in [0.3, 0.4) is 0 Å². The first-order chi connectivity index (χ1) is 14.8. The summed E-state index contributed by atoms with van der Waals surface area (Å²) in [5.41, 5.74) is 3.44. The summed E-state index contributed by atoms with van der Waals surface area (Å²) in [5, 5.41) is 8.54. The molecule has 2 aromatic heterocycles. The number of hydrogen-bond acceptors (Lipinski definition) is 6. The van der Waals surface area contributed by atoms with E-state index in [9.17, 15) is 4.79 Å². The Labute approximate surface area is 173 Å². The Morgan fingerprint density at radius 1 is 0.900 bits per heavy atom. The fourth-order valence-electron chi connectivity index (χ4n) is 3.72. The van der Waals surface area contributed by atoms with E-state index in [0.717, 1.165) is 16.6 Å². The summed E-state index contributed by atoms with van der Waals surface area (Å²) in [5.74, 6) is 0.726. The second-order valence-corrected chi connectivity index (χ2v) is 7.26. The monoisotopic (exact) mass is 399 g/mol. The second-order valence-electron chi connectivity index (χ2n) is 7.26. The minimum absolute atomic E-state index is 0.0168. The van der Waals surface area contributed by atoms with Gasteiger partial charge in [-0.15, -0.1) is 5.10 Å². The van der Waals surface area contributed by atoms with Gasteiger partial charge in [-0.2, -0.15) is 0 Å². The Morgan fingerprint density at radius 2 is 1.67 bits per heavy atom. The minimum Gasteiger partial charge on any atom is -0.337 e. The molecule has 1 fully saturated rings. The summed E-state index contributed by atoms with van der Waals surface area (Å²) in [6, 6.07) is 17.6. The zero-order valence-corrected chi connectivity index (χ0v) is 16.4. The number of piperazine rings is 1. The van der Waals surface area contributed by atoms with Crippen molar-refractivity contribution in [2.45, 2.75) is 6.54 Å². The van der Waals surface area contributed by atoms with Crippen LogP contribution in [0.1, 0.15) is 15.9 Å². The maximum Gasteiger partial charge on any atom is 0.254 e. The van der Waals surface area contributed by atoms with E-state index in [0.29, 0.717) is 44.2 Å². The SMILES string of the molecule is O=C(c1ccc2c(c1)nnn2Cc1ccccc1)N1CCN(c2ncccn2)CC1. The number of anilines is 1. The molecule has 30 heavy (non-hydrogen) atoms. The summed E-state index contributed by atoms with van der Waals surface area (Å²) < 4.78 is 1.86. The lowest BCUT2D eigenvalue weighted by molar-refractivity contribution is 0.0746. The number of fused-ring (bicyclic) bond motifs is 1. The highest BCUT2D eigenvalue weighted by atomic mass is 16.2. The van der Waals surface area contributed by atoms with Crippen molar-refractivity contribution in [3.8, 4) is 0 Å². The van der Waals surface area contributed by atoms with Gasteiger partial charge in [-0.1, -0.05) is 35.5 Å². The van der Waals surface area contributed by atoms with Gasteiger partial charge in [-0.25, -0.2) is 14.6 Å². The van der Waals surface area contributed by atoms with Gasteiger partial charge in [-0.3, -0.25) is 4.79 Å². The molecule has 8 heteroatoms. The van der Waals surface area contributed by atoms with Gasteiger partial charge in [-0.05, 0) is 29.8 Å². The average Bonchev–Trinajstić information content (AvgIpc) is 3.22. The molecule has 0 spiro atoms. The summed E-state index contributed by atoms with van der Waals surface area (Å²) in [6.45, 7) is 3.34. The van der Waals surface area contributed by atoms with Gasteiger partial charge in [0, 0.05) is 44.1 Å². The predicted molar refractivity (Wildman–Crippen MR) is 113 cm³/mol. The molecule has 0 radical (unpaired) electrons. The molecule has 1 saturated heterocycles. The van der Waals surface area contributed by atoms with E-state index in [1.807, 2.05) is 46.0 Å². The van der Waals surface area contributed by atoms with Gasteiger partial charge < -0.3 is 9.80 Å². The lowest BCUT2D eigenvalue weighted by Gasteiger charge is -2.34.